The van der Waals surface area contributed by atoms with Crippen molar-refractivity contribution >= 4 is 21.8 Å². The Morgan fingerprint density at radius 3 is 2.22 bits per heavy atom. The molecule has 0 saturated heterocycles. The average molecular weight is 280 g/mol. The summed E-state index contributed by atoms with van der Waals surface area (Å²) in [5, 5.41) is 13.4. The van der Waals surface area contributed by atoms with Crippen molar-refractivity contribution in [1.29, 1.82) is 0 Å². The second-order valence-corrected chi connectivity index (χ2v) is 6.28. The summed E-state index contributed by atoms with van der Waals surface area (Å²) in [6, 6.07) is -0.406. The van der Waals surface area contributed by atoms with Gasteiger partial charge in [0, 0.05) is 25.8 Å². The van der Waals surface area contributed by atoms with Crippen molar-refractivity contribution < 1.29 is 23.1 Å². The van der Waals surface area contributed by atoms with Gasteiger partial charge < -0.3 is 15.7 Å². The van der Waals surface area contributed by atoms with Crippen LogP contribution in [0.25, 0.3) is 0 Å². The van der Waals surface area contributed by atoms with E-state index in [0.717, 1.165) is 12.7 Å². The van der Waals surface area contributed by atoms with Gasteiger partial charge in [0.2, 0.25) is 0 Å². The molecule has 0 rings (SSSR count). The fourth-order valence-electron chi connectivity index (χ4n) is 1.19. The molecule has 0 spiro atoms. The first-order valence-corrected chi connectivity index (χ1v) is 7.78. The minimum absolute atomic E-state index is 0.0843. The SMILES string of the molecule is CS(=O)(=O)CCNC(=O)NCCCCCC(=O)O. The van der Waals surface area contributed by atoms with Gasteiger partial charge in [0.25, 0.3) is 0 Å². The molecule has 0 atom stereocenters. The Hall–Kier alpha value is -1.31. The van der Waals surface area contributed by atoms with Gasteiger partial charge in [-0.25, -0.2) is 13.2 Å². The molecule has 0 aromatic carbocycles. The first-order chi connectivity index (χ1) is 8.31. The molecule has 18 heavy (non-hydrogen) atoms. The van der Waals surface area contributed by atoms with Crippen molar-refractivity contribution in [1.82, 2.24) is 10.6 Å². The number of urea groups is 1. The van der Waals surface area contributed by atoms with E-state index in [1.54, 1.807) is 0 Å². The number of carbonyl (C=O) groups excluding carboxylic acids is 1. The summed E-state index contributed by atoms with van der Waals surface area (Å²) in [5.41, 5.74) is 0. The van der Waals surface area contributed by atoms with Crippen LogP contribution in [-0.4, -0.2) is 50.6 Å². The smallest absolute Gasteiger partial charge is 0.314 e. The van der Waals surface area contributed by atoms with E-state index < -0.39 is 21.8 Å². The molecule has 0 fully saturated rings. The predicted molar refractivity (Wildman–Crippen MR) is 67.2 cm³/mol. The third-order valence-corrected chi connectivity index (χ3v) is 3.06. The van der Waals surface area contributed by atoms with E-state index in [1.165, 1.54) is 0 Å². The van der Waals surface area contributed by atoms with Gasteiger partial charge in [0.05, 0.1) is 5.75 Å². The van der Waals surface area contributed by atoms with Crippen LogP contribution in [0.15, 0.2) is 0 Å². The molecule has 0 saturated carbocycles. The molecule has 0 heterocycles. The summed E-state index contributed by atoms with van der Waals surface area (Å²) in [4.78, 5) is 21.4. The van der Waals surface area contributed by atoms with Gasteiger partial charge in [-0.3, -0.25) is 4.79 Å². The second kappa shape index (κ2) is 8.73. The zero-order valence-corrected chi connectivity index (χ0v) is 11.3. The van der Waals surface area contributed by atoms with Crippen LogP contribution < -0.4 is 10.6 Å². The number of rotatable bonds is 9. The molecular formula is C10H20N2O5S. The zero-order chi connectivity index (χ0) is 14.0. The lowest BCUT2D eigenvalue weighted by atomic mass is 10.2. The van der Waals surface area contributed by atoms with E-state index in [4.69, 9.17) is 5.11 Å². The zero-order valence-electron chi connectivity index (χ0n) is 10.4. The Bertz CT molecular complexity index is 366. The minimum atomic E-state index is -3.06. The molecule has 0 aliphatic rings. The topological polar surface area (TPSA) is 113 Å². The van der Waals surface area contributed by atoms with Gasteiger partial charge >= 0.3 is 12.0 Å². The number of unbranched alkanes of at least 4 members (excludes halogenated alkanes) is 2. The van der Waals surface area contributed by atoms with Crippen LogP contribution in [0.4, 0.5) is 4.79 Å². The molecular weight excluding hydrogens is 260 g/mol. The van der Waals surface area contributed by atoms with Crippen molar-refractivity contribution in [3.63, 3.8) is 0 Å². The maximum absolute atomic E-state index is 11.2. The molecule has 3 N–H and O–H groups in total. The number of amides is 2. The normalized spacial score (nSPS) is 10.9. The first kappa shape index (κ1) is 16.7. The van der Waals surface area contributed by atoms with Crippen LogP contribution >= 0.6 is 0 Å². The third-order valence-electron chi connectivity index (χ3n) is 2.11. The number of carboxylic acids is 1. The first-order valence-electron chi connectivity index (χ1n) is 5.72. The fourth-order valence-corrected chi connectivity index (χ4v) is 1.67. The van der Waals surface area contributed by atoms with Crippen LogP contribution in [0.1, 0.15) is 25.7 Å². The highest BCUT2D eigenvalue weighted by Gasteiger charge is 2.04. The lowest BCUT2D eigenvalue weighted by Gasteiger charge is -2.06. The van der Waals surface area contributed by atoms with E-state index in [0.29, 0.717) is 19.4 Å². The molecule has 106 valence electrons. The van der Waals surface area contributed by atoms with Crippen molar-refractivity contribution in [3.8, 4) is 0 Å². The third kappa shape index (κ3) is 12.8. The van der Waals surface area contributed by atoms with Crippen LogP contribution in [0.3, 0.4) is 0 Å². The van der Waals surface area contributed by atoms with E-state index in [1.807, 2.05) is 0 Å². The van der Waals surface area contributed by atoms with Gasteiger partial charge in [-0.1, -0.05) is 6.42 Å². The molecule has 8 heteroatoms. The average Bonchev–Trinajstić information content (AvgIpc) is 2.20. The Balaban J connectivity index is 3.40. The standard InChI is InChI=1S/C10H20N2O5S/c1-18(16,17)8-7-12-10(15)11-6-4-2-3-5-9(13)14/h2-8H2,1H3,(H,13,14)(H2,11,12,15). The summed E-state index contributed by atoms with van der Waals surface area (Å²) in [5.74, 6) is -0.902. The lowest BCUT2D eigenvalue weighted by Crippen LogP contribution is -2.38. The molecule has 0 aromatic rings. The maximum Gasteiger partial charge on any atom is 0.314 e. The molecule has 7 nitrogen and oxygen atoms in total. The number of carboxylic acid groups (broad SMARTS) is 1. The predicted octanol–water partition coefficient (Wildman–Crippen LogP) is -0.0248. The summed E-state index contributed by atoms with van der Waals surface area (Å²) in [6.07, 6.45) is 3.27. The van der Waals surface area contributed by atoms with Crippen molar-refractivity contribution in [2.75, 3.05) is 25.1 Å². The van der Waals surface area contributed by atoms with Gasteiger partial charge in [0.1, 0.15) is 9.84 Å². The highest BCUT2D eigenvalue weighted by molar-refractivity contribution is 7.90. The van der Waals surface area contributed by atoms with Crippen LogP contribution in [-0.2, 0) is 14.6 Å². The summed E-state index contributed by atoms with van der Waals surface area (Å²) in [7, 11) is -3.06. The van der Waals surface area contributed by atoms with Crippen molar-refractivity contribution in [2.45, 2.75) is 25.7 Å². The van der Waals surface area contributed by atoms with E-state index >= 15 is 0 Å². The van der Waals surface area contributed by atoms with Crippen LogP contribution in [0.5, 0.6) is 0 Å². The lowest BCUT2D eigenvalue weighted by molar-refractivity contribution is -0.137. The van der Waals surface area contributed by atoms with Crippen molar-refractivity contribution in [2.24, 2.45) is 0 Å². The van der Waals surface area contributed by atoms with Crippen molar-refractivity contribution in [3.05, 3.63) is 0 Å². The molecule has 0 aliphatic carbocycles. The Labute approximate surface area is 107 Å². The Kier molecular flexibility index (Phi) is 8.10. The minimum Gasteiger partial charge on any atom is -0.481 e. The number of aliphatic carboxylic acids is 1. The highest BCUT2D eigenvalue weighted by Crippen LogP contribution is 1.98. The van der Waals surface area contributed by atoms with Crippen LogP contribution in [0.2, 0.25) is 0 Å². The molecule has 2 amide bonds. The fraction of sp³-hybridized carbons (Fsp3) is 0.800. The number of carbonyl (C=O) groups is 2. The molecule has 0 unspecified atom stereocenters. The maximum atomic E-state index is 11.2. The van der Waals surface area contributed by atoms with Gasteiger partial charge in [0.15, 0.2) is 0 Å². The Morgan fingerprint density at radius 2 is 1.67 bits per heavy atom. The number of hydrogen-bond donors (Lipinski definition) is 3. The van der Waals surface area contributed by atoms with E-state index in [2.05, 4.69) is 10.6 Å². The Morgan fingerprint density at radius 1 is 1.06 bits per heavy atom. The number of nitrogens with one attached hydrogen (secondary N) is 2. The summed E-state index contributed by atoms with van der Waals surface area (Å²) in [6.45, 7) is 0.536. The molecule has 0 aliphatic heterocycles. The summed E-state index contributed by atoms with van der Waals surface area (Å²) < 4.78 is 21.6. The van der Waals surface area contributed by atoms with Crippen LogP contribution in [0, 0.1) is 0 Å². The second-order valence-electron chi connectivity index (χ2n) is 4.02. The monoisotopic (exact) mass is 280 g/mol. The van der Waals surface area contributed by atoms with Gasteiger partial charge in [-0.15, -0.1) is 0 Å². The van der Waals surface area contributed by atoms with E-state index in [-0.39, 0.29) is 18.7 Å². The largest absolute Gasteiger partial charge is 0.481 e. The van der Waals surface area contributed by atoms with Gasteiger partial charge in [-0.05, 0) is 12.8 Å². The molecule has 0 radical (unpaired) electrons. The number of sulfone groups is 1. The number of hydrogen-bond acceptors (Lipinski definition) is 4. The molecule has 0 bridgehead atoms. The highest BCUT2D eigenvalue weighted by atomic mass is 32.2. The molecule has 0 aromatic heterocycles. The van der Waals surface area contributed by atoms with E-state index in [9.17, 15) is 18.0 Å². The quantitative estimate of drug-likeness (QED) is 0.514. The van der Waals surface area contributed by atoms with Gasteiger partial charge in [-0.2, -0.15) is 0 Å². The summed E-state index contributed by atoms with van der Waals surface area (Å²) >= 11 is 0.